The lowest BCUT2D eigenvalue weighted by atomic mass is 10.1. The van der Waals surface area contributed by atoms with Crippen LogP contribution in [0.25, 0.3) is 38.9 Å². The number of nitrogens with zero attached hydrogens (tertiary/aromatic N) is 6. The lowest BCUT2D eigenvalue weighted by molar-refractivity contribution is -0.119. The van der Waals surface area contributed by atoms with Gasteiger partial charge in [-0.1, -0.05) is 17.4 Å². The highest BCUT2D eigenvalue weighted by Crippen LogP contribution is 2.36. The van der Waals surface area contributed by atoms with Gasteiger partial charge in [-0.15, -0.1) is 10.2 Å². The average Bonchev–Trinajstić information content (AvgIpc) is 3.57. The van der Waals surface area contributed by atoms with Crippen molar-refractivity contribution in [3.05, 3.63) is 65.3 Å². The number of rotatable bonds is 4. The minimum atomic E-state index is -0.0229. The van der Waals surface area contributed by atoms with Crippen molar-refractivity contribution in [3.63, 3.8) is 0 Å². The zero-order valence-electron chi connectivity index (χ0n) is 18.3. The van der Waals surface area contributed by atoms with Crippen LogP contribution < -0.4 is 11.1 Å². The number of aryl methyl sites for hydroxylation is 1. The smallest absolute Gasteiger partial charge is 0.217 e. The van der Waals surface area contributed by atoms with Gasteiger partial charge in [0, 0.05) is 18.8 Å². The van der Waals surface area contributed by atoms with Crippen molar-refractivity contribution in [1.29, 1.82) is 0 Å². The molecule has 3 N–H and O–H groups in total. The standard InChI is InChI=1S/C24H20N8OS/c1-13(33)28-18-7-4-14-11-15(5-6-16(14)18)32-22(17-3-2-10-26-21(17)25)29-19-8-9-20(30-23(19)32)24-31-27-12-34-24/h2-3,5-6,8-12,18H,4,7H2,1H3,(H2,25,26)(H,28,33)/t18-/m0/s1. The molecule has 1 aliphatic rings. The first-order valence-electron chi connectivity index (χ1n) is 10.9. The van der Waals surface area contributed by atoms with E-state index in [4.69, 9.17) is 15.7 Å². The molecular weight excluding hydrogens is 448 g/mol. The number of fused-ring (bicyclic) bond motifs is 2. The monoisotopic (exact) mass is 468 g/mol. The molecule has 1 atom stereocenters. The van der Waals surface area contributed by atoms with Crippen LogP contribution in [0.4, 0.5) is 5.82 Å². The molecule has 0 aliphatic heterocycles. The number of carbonyl (C=O) groups excluding carboxylic acids is 1. The summed E-state index contributed by atoms with van der Waals surface area (Å²) in [7, 11) is 0. The maximum Gasteiger partial charge on any atom is 0.217 e. The molecule has 1 amide bonds. The Morgan fingerprint density at radius 2 is 2.12 bits per heavy atom. The van der Waals surface area contributed by atoms with Gasteiger partial charge in [0.2, 0.25) is 5.91 Å². The van der Waals surface area contributed by atoms with Gasteiger partial charge in [-0.2, -0.15) is 0 Å². The van der Waals surface area contributed by atoms with Crippen LogP contribution in [-0.4, -0.2) is 35.6 Å². The molecular formula is C24H20N8OS. The summed E-state index contributed by atoms with van der Waals surface area (Å²) in [5.41, 5.74) is 14.1. The normalized spacial score (nSPS) is 14.9. The van der Waals surface area contributed by atoms with Crippen LogP contribution in [0.15, 0.2) is 54.2 Å². The number of nitrogen functional groups attached to an aromatic ring is 1. The predicted molar refractivity (Wildman–Crippen MR) is 130 cm³/mol. The SMILES string of the molecule is CC(=O)N[C@H]1CCc2cc(-n3c(-c4cccnc4N)nc4ccc(-c5nncs5)nc43)ccc21. The molecule has 5 aromatic rings. The number of anilines is 1. The highest BCUT2D eigenvalue weighted by atomic mass is 32.1. The van der Waals surface area contributed by atoms with Gasteiger partial charge in [0.25, 0.3) is 0 Å². The maximum absolute atomic E-state index is 11.6. The first-order valence-corrected chi connectivity index (χ1v) is 11.7. The summed E-state index contributed by atoms with van der Waals surface area (Å²) in [6, 6.07) is 13.9. The number of hydrogen-bond donors (Lipinski definition) is 2. The van der Waals surface area contributed by atoms with E-state index in [0.29, 0.717) is 17.3 Å². The van der Waals surface area contributed by atoms with E-state index in [9.17, 15) is 4.79 Å². The quantitative estimate of drug-likeness (QED) is 0.412. The summed E-state index contributed by atoms with van der Waals surface area (Å²) >= 11 is 1.43. The van der Waals surface area contributed by atoms with Crippen molar-refractivity contribution in [2.24, 2.45) is 0 Å². The van der Waals surface area contributed by atoms with Gasteiger partial charge in [-0.25, -0.2) is 15.0 Å². The van der Waals surface area contributed by atoms with Crippen LogP contribution in [-0.2, 0) is 11.2 Å². The molecule has 0 unspecified atom stereocenters. The van der Waals surface area contributed by atoms with Gasteiger partial charge < -0.3 is 11.1 Å². The third-order valence-corrected chi connectivity index (χ3v) is 6.72. The van der Waals surface area contributed by atoms with Crippen molar-refractivity contribution in [1.82, 2.24) is 35.0 Å². The van der Waals surface area contributed by atoms with Gasteiger partial charge in [0.1, 0.15) is 22.5 Å². The molecule has 0 saturated heterocycles. The van der Waals surface area contributed by atoms with E-state index in [0.717, 1.165) is 45.9 Å². The zero-order chi connectivity index (χ0) is 23.2. The molecule has 1 aliphatic carbocycles. The van der Waals surface area contributed by atoms with Crippen molar-refractivity contribution < 1.29 is 4.79 Å². The van der Waals surface area contributed by atoms with E-state index in [1.165, 1.54) is 16.9 Å². The summed E-state index contributed by atoms with van der Waals surface area (Å²) in [5, 5.41) is 11.9. The second kappa shape index (κ2) is 7.99. The number of benzene rings is 1. The van der Waals surface area contributed by atoms with Gasteiger partial charge in [0.15, 0.2) is 16.5 Å². The molecule has 0 saturated carbocycles. The molecule has 9 nitrogen and oxygen atoms in total. The van der Waals surface area contributed by atoms with Crippen LogP contribution in [0.1, 0.15) is 30.5 Å². The van der Waals surface area contributed by atoms with Crippen LogP contribution in [0.5, 0.6) is 0 Å². The third kappa shape index (κ3) is 3.39. The Labute approximate surface area is 198 Å². The number of aromatic nitrogens is 6. The van der Waals surface area contributed by atoms with Crippen molar-refractivity contribution in [2.45, 2.75) is 25.8 Å². The van der Waals surface area contributed by atoms with E-state index < -0.39 is 0 Å². The first kappa shape index (κ1) is 20.4. The Balaban J connectivity index is 1.56. The molecule has 1 aromatic carbocycles. The van der Waals surface area contributed by atoms with Crippen molar-refractivity contribution >= 4 is 34.2 Å². The summed E-state index contributed by atoms with van der Waals surface area (Å²) in [5.74, 6) is 1.04. The number of amides is 1. The molecule has 0 spiro atoms. The van der Waals surface area contributed by atoms with Gasteiger partial charge >= 0.3 is 0 Å². The van der Waals surface area contributed by atoms with E-state index in [1.54, 1.807) is 18.6 Å². The Morgan fingerprint density at radius 1 is 1.21 bits per heavy atom. The number of carbonyl (C=O) groups is 1. The Hall–Kier alpha value is -4.18. The summed E-state index contributed by atoms with van der Waals surface area (Å²) in [6.45, 7) is 1.55. The van der Waals surface area contributed by atoms with Crippen LogP contribution in [0.2, 0.25) is 0 Å². The molecule has 10 heteroatoms. The second-order valence-corrected chi connectivity index (χ2v) is 9.00. The van der Waals surface area contributed by atoms with Crippen LogP contribution in [0, 0.1) is 0 Å². The van der Waals surface area contributed by atoms with Crippen molar-refractivity contribution in [2.75, 3.05) is 5.73 Å². The number of hydrogen-bond acceptors (Lipinski definition) is 8. The third-order valence-electron chi connectivity index (χ3n) is 6.00. The van der Waals surface area contributed by atoms with Crippen molar-refractivity contribution in [3.8, 4) is 27.8 Å². The minimum Gasteiger partial charge on any atom is -0.383 e. The fourth-order valence-corrected chi connectivity index (χ4v) is 5.05. The highest BCUT2D eigenvalue weighted by Gasteiger charge is 2.25. The summed E-state index contributed by atoms with van der Waals surface area (Å²) in [4.78, 5) is 25.7. The molecule has 6 rings (SSSR count). The summed E-state index contributed by atoms with van der Waals surface area (Å²) in [6.07, 6.45) is 3.43. The fourth-order valence-electron chi connectivity index (χ4n) is 4.53. The van der Waals surface area contributed by atoms with Crippen LogP contribution in [0.3, 0.4) is 0 Å². The Kier molecular flexibility index (Phi) is 4.80. The molecule has 0 fully saturated rings. The fraction of sp³-hybridized carbons (Fsp3) is 0.167. The van der Waals surface area contributed by atoms with E-state index in [1.807, 2.05) is 34.9 Å². The number of imidazole rings is 1. The minimum absolute atomic E-state index is 0.0229. The summed E-state index contributed by atoms with van der Waals surface area (Å²) < 4.78 is 2.01. The number of nitrogens with two attached hydrogens (primary N) is 1. The van der Waals surface area contributed by atoms with Gasteiger partial charge in [-0.3, -0.25) is 9.36 Å². The van der Waals surface area contributed by atoms with Gasteiger partial charge in [0.05, 0.1) is 11.6 Å². The number of nitrogens with one attached hydrogen (secondary N) is 1. The molecule has 0 bridgehead atoms. The van der Waals surface area contributed by atoms with E-state index in [-0.39, 0.29) is 11.9 Å². The largest absolute Gasteiger partial charge is 0.383 e. The molecule has 34 heavy (non-hydrogen) atoms. The zero-order valence-corrected chi connectivity index (χ0v) is 19.1. The molecule has 0 radical (unpaired) electrons. The lowest BCUT2D eigenvalue weighted by Gasteiger charge is -2.14. The van der Waals surface area contributed by atoms with E-state index >= 15 is 0 Å². The second-order valence-electron chi connectivity index (χ2n) is 8.17. The maximum atomic E-state index is 11.6. The first-order chi connectivity index (χ1) is 16.6. The molecule has 4 heterocycles. The predicted octanol–water partition coefficient (Wildman–Crippen LogP) is 3.71. The average molecular weight is 469 g/mol. The van der Waals surface area contributed by atoms with Crippen LogP contribution >= 0.6 is 11.3 Å². The molecule has 4 aromatic heterocycles. The lowest BCUT2D eigenvalue weighted by Crippen LogP contribution is -2.24. The van der Waals surface area contributed by atoms with Gasteiger partial charge in [-0.05, 0) is 60.4 Å². The topological polar surface area (TPSA) is 124 Å². The van der Waals surface area contributed by atoms with E-state index in [2.05, 4.69) is 32.6 Å². The highest BCUT2D eigenvalue weighted by molar-refractivity contribution is 7.12. The Morgan fingerprint density at radius 3 is 2.91 bits per heavy atom. The molecule has 168 valence electrons. The number of pyridine rings is 2. The Bertz CT molecular complexity index is 1540.